The van der Waals surface area contributed by atoms with Crippen LogP contribution < -0.4 is 9.46 Å². The van der Waals surface area contributed by atoms with Crippen LogP contribution in [0.4, 0.5) is 0 Å². The van der Waals surface area contributed by atoms with E-state index in [0.29, 0.717) is 18.9 Å². The molecule has 0 aromatic heterocycles. The summed E-state index contributed by atoms with van der Waals surface area (Å²) in [5, 5.41) is 0. The first-order valence-electron chi connectivity index (χ1n) is 6.28. The zero-order chi connectivity index (χ0) is 15.2. The van der Waals surface area contributed by atoms with E-state index in [9.17, 15) is 8.42 Å². The van der Waals surface area contributed by atoms with Gasteiger partial charge in [0.2, 0.25) is 10.0 Å². The summed E-state index contributed by atoms with van der Waals surface area (Å²) in [4.78, 5) is 0. The molecule has 0 radical (unpaired) electrons. The predicted molar refractivity (Wildman–Crippen MR) is 86.2 cm³/mol. The van der Waals surface area contributed by atoms with Crippen LogP contribution in [0.1, 0.15) is 17.5 Å². The molecule has 1 aromatic carbocycles. The highest BCUT2D eigenvalue weighted by molar-refractivity contribution is 9.10. The monoisotopic (exact) mass is 383 g/mol. The fourth-order valence-electron chi connectivity index (χ4n) is 1.67. The van der Waals surface area contributed by atoms with E-state index in [1.54, 1.807) is 0 Å². The van der Waals surface area contributed by atoms with Gasteiger partial charge in [0.1, 0.15) is 12.4 Å². The lowest BCUT2D eigenvalue weighted by Crippen LogP contribution is -2.30. The molecule has 0 saturated heterocycles. The summed E-state index contributed by atoms with van der Waals surface area (Å²) in [6, 6.07) is 3.83. The molecule has 0 unspecified atom stereocenters. The lowest BCUT2D eigenvalue weighted by molar-refractivity contribution is 0.322. The van der Waals surface area contributed by atoms with Gasteiger partial charge in [-0.05, 0) is 43.5 Å². The van der Waals surface area contributed by atoms with E-state index < -0.39 is 10.0 Å². The molecule has 0 heterocycles. The first kappa shape index (κ1) is 17.8. The third-order valence-electron chi connectivity index (χ3n) is 2.65. The van der Waals surface area contributed by atoms with Crippen LogP contribution in [-0.2, 0) is 10.0 Å². The summed E-state index contributed by atoms with van der Waals surface area (Å²) in [5.41, 5.74) is 2.17. The number of hydrogen-bond donors (Lipinski definition) is 1. The molecule has 0 amide bonds. The van der Waals surface area contributed by atoms with Crippen LogP contribution in [0.25, 0.3) is 0 Å². The highest BCUT2D eigenvalue weighted by Crippen LogP contribution is 2.26. The standard InChI is InChI=1S/C13H19BrClNO3S/c1-10-8-12(9-11(2)13(10)14)19-6-5-16-20(17,18)7-3-4-15/h8-9,16H,3-7H2,1-2H3. The number of benzene rings is 1. The first-order valence-corrected chi connectivity index (χ1v) is 9.26. The number of alkyl halides is 1. The van der Waals surface area contributed by atoms with E-state index in [2.05, 4.69) is 20.7 Å². The van der Waals surface area contributed by atoms with E-state index >= 15 is 0 Å². The van der Waals surface area contributed by atoms with Gasteiger partial charge in [-0.1, -0.05) is 15.9 Å². The molecule has 0 fully saturated rings. The number of halogens is 2. The van der Waals surface area contributed by atoms with Gasteiger partial charge in [-0.2, -0.15) is 0 Å². The fraction of sp³-hybridized carbons (Fsp3) is 0.538. The van der Waals surface area contributed by atoms with Gasteiger partial charge < -0.3 is 4.74 Å². The van der Waals surface area contributed by atoms with Gasteiger partial charge in [-0.15, -0.1) is 11.6 Å². The van der Waals surface area contributed by atoms with Gasteiger partial charge >= 0.3 is 0 Å². The highest BCUT2D eigenvalue weighted by Gasteiger charge is 2.09. The molecule has 1 N–H and O–H groups in total. The molecule has 0 bridgehead atoms. The minimum absolute atomic E-state index is 0.0486. The maximum atomic E-state index is 11.5. The molecule has 0 aliphatic heterocycles. The van der Waals surface area contributed by atoms with E-state index in [0.717, 1.165) is 21.3 Å². The topological polar surface area (TPSA) is 55.4 Å². The molecule has 114 valence electrons. The van der Waals surface area contributed by atoms with Crippen LogP contribution in [0.3, 0.4) is 0 Å². The van der Waals surface area contributed by atoms with Crippen molar-refractivity contribution in [2.75, 3.05) is 24.8 Å². The van der Waals surface area contributed by atoms with Crippen LogP contribution in [0.2, 0.25) is 0 Å². The second kappa shape index (κ2) is 8.22. The molecule has 0 spiro atoms. The van der Waals surface area contributed by atoms with Crippen molar-refractivity contribution in [3.8, 4) is 5.75 Å². The minimum atomic E-state index is -3.24. The second-order valence-corrected chi connectivity index (χ2v) is 7.57. The second-order valence-electron chi connectivity index (χ2n) is 4.48. The zero-order valence-electron chi connectivity index (χ0n) is 11.6. The van der Waals surface area contributed by atoms with Crippen LogP contribution in [0.5, 0.6) is 5.75 Å². The van der Waals surface area contributed by atoms with Gasteiger partial charge in [-0.3, -0.25) is 0 Å². The van der Waals surface area contributed by atoms with Crippen LogP contribution in [0, 0.1) is 13.8 Å². The van der Waals surface area contributed by atoms with Crippen molar-refractivity contribution in [2.45, 2.75) is 20.3 Å². The van der Waals surface area contributed by atoms with Crippen molar-refractivity contribution >= 4 is 37.6 Å². The Kier molecular flexibility index (Phi) is 7.29. The Morgan fingerprint density at radius 3 is 2.45 bits per heavy atom. The number of aryl methyl sites for hydroxylation is 2. The Labute approximate surface area is 134 Å². The predicted octanol–water partition coefficient (Wildman–Crippen LogP) is 2.99. The zero-order valence-corrected chi connectivity index (χ0v) is 14.7. The van der Waals surface area contributed by atoms with Crippen molar-refractivity contribution in [2.24, 2.45) is 0 Å². The largest absolute Gasteiger partial charge is 0.492 e. The Balaban J connectivity index is 2.42. The molecular formula is C13H19BrClNO3S. The summed E-state index contributed by atoms with van der Waals surface area (Å²) in [7, 11) is -3.24. The van der Waals surface area contributed by atoms with Crippen LogP contribution >= 0.6 is 27.5 Å². The summed E-state index contributed by atoms with van der Waals surface area (Å²) in [6.45, 7) is 4.51. The molecule has 0 aliphatic rings. The average molecular weight is 385 g/mol. The Hall–Kier alpha value is -0.300. The van der Waals surface area contributed by atoms with Gasteiger partial charge in [0.25, 0.3) is 0 Å². The third kappa shape index (κ3) is 5.99. The van der Waals surface area contributed by atoms with E-state index in [1.807, 2.05) is 26.0 Å². The molecule has 7 heteroatoms. The molecule has 0 saturated carbocycles. The van der Waals surface area contributed by atoms with Gasteiger partial charge in [0, 0.05) is 16.9 Å². The quantitative estimate of drug-likeness (QED) is 0.554. The normalized spacial score (nSPS) is 11.6. The van der Waals surface area contributed by atoms with Gasteiger partial charge in [0.15, 0.2) is 0 Å². The molecular weight excluding hydrogens is 366 g/mol. The maximum absolute atomic E-state index is 11.5. The van der Waals surface area contributed by atoms with E-state index in [4.69, 9.17) is 16.3 Å². The molecule has 4 nitrogen and oxygen atoms in total. The molecule has 0 aliphatic carbocycles. The number of ether oxygens (including phenoxy) is 1. The smallest absolute Gasteiger partial charge is 0.211 e. The Bertz CT molecular complexity index is 526. The summed E-state index contributed by atoms with van der Waals surface area (Å²) < 4.78 is 32.1. The molecule has 0 atom stereocenters. The summed E-state index contributed by atoms with van der Waals surface area (Å²) in [5.74, 6) is 1.13. The van der Waals surface area contributed by atoms with Crippen molar-refractivity contribution in [1.82, 2.24) is 4.72 Å². The van der Waals surface area contributed by atoms with Gasteiger partial charge in [0.05, 0.1) is 5.75 Å². The van der Waals surface area contributed by atoms with Crippen LogP contribution in [-0.4, -0.2) is 33.2 Å². The maximum Gasteiger partial charge on any atom is 0.211 e. The van der Waals surface area contributed by atoms with E-state index in [1.165, 1.54) is 0 Å². The lowest BCUT2D eigenvalue weighted by atomic mass is 10.1. The van der Waals surface area contributed by atoms with Crippen LogP contribution in [0.15, 0.2) is 16.6 Å². The minimum Gasteiger partial charge on any atom is -0.492 e. The Morgan fingerprint density at radius 2 is 1.90 bits per heavy atom. The number of rotatable bonds is 8. The van der Waals surface area contributed by atoms with Gasteiger partial charge in [-0.25, -0.2) is 13.1 Å². The third-order valence-corrected chi connectivity index (χ3v) is 5.64. The highest BCUT2D eigenvalue weighted by atomic mass is 79.9. The number of nitrogens with one attached hydrogen (secondary N) is 1. The first-order chi connectivity index (χ1) is 9.35. The van der Waals surface area contributed by atoms with Crippen molar-refractivity contribution in [3.05, 3.63) is 27.7 Å². The lowest BCUT2D eigenvalue weighted by Gasteiger charge is -2.11. The SMILES string of the molecule is Cc1cc(OCCNS(=O)(=O)CCCCl)cc(C)c1Br. The molecule has 20 heavy (non-hydrogen) atoms. The molecule has 1 rings (SSSR count). The molecule has 1 aromatic rings. The Morgan fingerprint density at radius 1 is 1.30 bits per heavy atom. The average Bonchev–Trinajstić information content (AvgIpc) is 2.38. The van der Waals surface area contributed by atoms with Crippen molar-refractivity contribution in [3.63, 3.8) is 0 Å². The summed E-state index contributed by atoms with van der Waals surface area (Å²) in [6.07, 6.45) is 0.447. The fourth-order valence-corrected chi connectivity index (χ4v) is 3.26. The van der Waals surface area contributed by atoms with Crippen molar-refractivity contribution < 1.29 is 13.2 Å². The number of hydrogen-bond acceptors (Lipinski definition) is 3. The van der Waals surface area contributed by atoms with E-state index in [-0.39, 0.29) is 12.3 Å². The summed E-state index contributed by atoms with van der Waals surface area (Å²) >= 11 is 8.96. The number of sulfonamides is 1. The van der Waals surface area contributed by atoms with Crippen molar-refractivity contribution in [1.29, 1.82) is 0 Å².